The molecule has 0 saturated heterocycles. The van der Waals surface area contributed by atoms with Crippen LogP contribution in [0.1, 0.15) is 29.9 Å². The third-order valence-electron chi connectivity index (χ3n) is 3.79. The van der Waals surface area contributed by atoms with E-state index in [1.165, 1.54) is 12.8 Å². The van der Waals surface area contributed by atoms with Crippen LogP contribution in [0.25, 0.3) is 0 Å². The molecule has 0 heterocycles. The van der Waals surface area contributed by atoms with Crippen molar-refractivity contribution in [3.63, 3.8) is 0 Å². The van der Waals surface area contributed by atoms with Crippen LogP contribution in [-0.2, 0) is 4.79 Å². The van der Waals surface area contributed by atoms with Gasteiger partial charge < -0.3 is 5.32 Å². The molecule has 0 bridgehead atoms. The average molecular weight is 265 g/mol. The SMILES string of the molecule is O=C(NCC1CC1)C(c1ccccc1)c1ccccc1. The van der Waals surface area contributed by atoms with Gasteiger partial charge in [0.15, 0.2) is 0 Å². The van der Waals surface area contributed by atoms with Crippen LogP contribution in [0.3, 0.4) is 0 Å². The van der Waals surface area contributed by atoms with Crippen LogP contribution in [0.5, 0.6) is 0 Å². The predicted octanol–water partition coefficient (Wildman–Crippen LogP) is 3.34. The lowest BCUT2D eigenvalue weighted by Crippen LogP contribution is -2.31. The fourth-order valence-corrected chi connectivity index (χ4v) is 2.46. The number of nitrogens with one attached hydrogen (secondary N) is 1. The van der Waals surface area contributed by atoms with Gasteiger partial charge in [0.1, 0.15) is 0 Å². The molecule has 0 radical (unpaired) electrons. The Morgan fingerprint density at radius 2 is 1.45 bits per heavy atom. The maximum absolute atomic E-state index is 12.6. The molecule has 2 nitrogen and oxygen atoms in total. The van der Waals surface area contributed by atoms with E-state index >= 15 is 0 Å². The van der Waals surface area contributed by atoms with Crippen molar-refractivity contribution in [2.75, 3.05) is 6.54 Å². The normalized spacial score (nSPS) is 14.2. The van der Waals surface area contributed by atoms with E-state index < -0.39 is 0 Å². The molecule has 1 saturated carbocycles. The van der Waals surface area contributed by atoms with E-state index in [1.807, 2.05) is 60.7 Å². The van der Waals surface area contributed by atoms with Crippen LogP contribution in [0, 0.1) is 5.92 Å². The van der Waals surface area contributed by atoms with Gasteiger partial charge >= 0.3 is 0 Å². The first kappa shape index (κ1) is 12.9. The molecule has 1 N–H and O–H groups in total. The summed E-state index contributed by atoms with van der Waals surface area (Å²) in [5, 5.41) is 3.10. The number of rotatable bonds is 5. The summed E-state index contributed by atoms with van der Waals surface area (Å²) in [6.45, 7) is 0.814. The smallest absolute Gasteiger partial charge is 0.232 e. The summed E-state index contributed by atoms with van der Waals surface area (Å²) in [5.41, 5.74) is 2.10. The van der Waals surface area contributed by atoms with Gasteiger partial charge in [-0.3, -0.25) is 4.79 Å². The second-order valence-corrected chi connectivity index (χ2v) is 5.44. The van der Waals surface area contributed by atoms with Crippen molar-refractivity contribution < 1.29 is 4.79 Å². The molecule has 3 rings (SSSR count). The summed E-state index contributed by atoms with van der Waals surface area (Å²) in [6.07, 6.45) is 2.50. The molecule has 0 aromatic heterocycles. The maximum atomic E-state index is 12.6. The Balaban J connectivity index is 1.84. The summed E-state index contributed by atoms with van der Waals surface area (Å²) in [5.74, 6) is 0.594. The molecule has 2 heteroatoms. The molecule has 2 aromatic rings. The van der Waals surface area contributed by atoms with Gasteiger partial charge in [0.2, 0.25) is 5.91 Å². The summed E-state index contributed by atoms with van der Waals surface area (Å²) < 4.78 is 0. The molecule has 0 unspecified atom stereocenters. The largest absolute Gasteiger partial charge is 0.355 e. The Morgan fingerprint density at radius 1 is 0.950 bits per heavy atom. The van der Waals surface area contributed by atoms with Gasteiger partial charge in [-0.2, -0.15) is 0 Å². The zero-order chi connectivity index (χ0) is 13.8. The number of carbonyl (C=O) groups is 1. The minimum Gasteiger partial charge on any atom is -0.355 e. The quantitative estimate of drug-likeness (QED) is 0.882. The van der Waals surface area contributed by atoms with E-state index in [9.17, 15) is 4.79 Å². The van der Waals surface area contributed by atoms with Gasteiger partial charge in [0.25, 0.3) is 0 Å². The first-order valence-corrected chi connectivity index (χ1v) is 7.22. The van der Waals surface area contributed by atoms with Gasteiger partial charge in [0, 0.05) is 6.54 Å². The third kappa shape index (κ3) is 3.08. The fourth-order valence-electron chi connectivity index (χ4n) is 2.46. The average Bonchev–Trinajstić information content (AvgIpc) is 3.32. The molecule has 1 amide bonds. The minimum absolute atomic E-state index is 0.106. The lowest BCUT2D eigenvalue weighted by atomic mass is 9.90. The van der Waals surface area contributed by atoms with Crippen molar-refractivity contribution in [2.45, 2.75) is 18.8 Å². The van der Waals surface area contributed by atoms with Gasteiger partial charge in [-0.15, -0.1) is 0 Å². The number of benzene rings is 2. The molecule has 1 fully saturated rings. The molecule has 0 spiro atoms. The number of hydrogen-bond donors (Lipinski definition) is 1. The zero-order valence-corrected chi connectivity index (χ0v) is 11.5. The Morgan fingerprint density at radius 3 is 1.90 bits per heavy atom. The minimum atomic E-state index is -0.212. The maximum Gasteiger partial charge on any atom is 0.232 e. The second-order valence-electron chi connectivity index (χ2n) is 5.44. The summed E-state index contributed by atoms with van der Waals surface area (Å²) >= 11 is 0. The highest BCUT2D eigenvalue weighted by molar-refractivity contribution is 5.87. The fraction of sp³-hybridized carbons (Fsp3) is 0.278. The van der Waals surface area contributed by atoms with Crippen molar-refractivity contribution in [3.8, 4) is 0 Å². The van der Waals surface area contributed by atoms with Crippen molar-refractivity contribution in [2.24, 2.45) is 5.92 Å². The van der Waals surface area contributed by atoms with E-state index in [0.29, 0.717) is 5.92 Å². The number of amides is 1. The molecule has 20 heavy (non-hydrogen) atoms. The van der Waals surface area contributed by atoms with Crippen LogP contribution in [0.4, 0.5) is 0 Å². The summed E-state index contributed by atoms with van der Waals surface area (Å²) in [6, 6.07) is 20.0. The zero-order valence-electron chi connectivity index (χ0n) is 11.5. The van der Waals surface area contributed by atoms with E-state index in [2.05, 4.69) is 5.32 Å². The molecular formula is C18H19NO. The van der Waals surface area contributed by atoms with Crippen LogP contribution >= 0.6 is 0 Å². The molecule has 102 valence electrons. The van der Waals surface area contributed by atoms with E-state index in [0.717, 1.165) is 17.7 Å². The topological polar surface area (TPSA) is 29.1 Å². The van der Waals surface area contributed by atoms with Gasteiger partial charge in [-0.25, -0.2) is 0 Å². The Kier molecular flexibility index (Phi) is 3.82. The lowest BCUT2D eigenvalue weighted by Gasteiger charge is -2.17. The van der Waals surface area contributed by atoms with Crippen LogP contribution in [0.2, 0.25) is 0 Å². The molecule has 2 aromatic carbocycles. The van der Waals surface area contributed by atoms with Crippen molar-refractivity contribution in [3.05, 3.63) is 71.8 Å². The van der Waals surface area contributed by atoms with E-state index in [1.54, 1.807) is 0 Å². The second kappa shape index (κ2) is 5.91. The monoisotopic (exact) mass is 265 g/mol. The summed E-state index contributed by atoms with van der Waals surface area (Å²) in [7, 11) is 0. The Labute approximate surface area is 119 Å². The lowest BCUT2D eigenvalue weighted by molar-refractivity contribution is -0.121. The van der Waals surface area contributed by atoms with E-state index in [4.69, 9.17) is 0 Å². The highest BCUT2D eigenvalue weighted by atomic mass is 16.1. The molecular weight excluding hydrogens is 246 g/mol. The number of carbonyl (C=O) groups excluding carboxylic acids is 1. The predicted molar refractivity (Wildman–Crippen MR) is 80.5 cm³/mol. The van der Waals surface area contributed by atoms with Crippen LogP contribution < -0.4 is 5.32 Å². The Bertz CT molecular complexity index is 521. The van der Waals surface area contributed by atoms with Crippen molar-refractivity contribution in [1.29, 1.82) is 0 Å². The molecule has 0 aliphatic heterocycles. The molecule has 0 atom stereocenters. The Hall–Kier alpha value is -2.09. The van der Waals surface area contributed by atoms with Gasteiger partial charge in [-0.05, 0) is 29.9 Å². The third-order valence-corrected chi connectivity index (χ3v) is 3.79. The first-order chi connectivity index (χ1) is 9.84. The van der Waals surface area contributed by atoms with Crippen molar-refractivity contribution >= 4 is 5.91 Å². The highest BCUT2D eigenvalue weighted by Crippen LogP contribution is 2.29. The molecule has 1 aliphatic rings. The van der Waals surface area contributed by atoms with Crippen molar-refractivity contribution in [1.82, 2.24) is 5.32 Å². The standard InChI is InChI=1S/C18H19NO/c20-18(19-13-14-11-12-14)17(15-7-3-1-4-8-15)16-9-5-2-6-10-16/h1-10,14,17H,11-13H2,(H,19,20). The van der Waals surface area contributed by atoms with Gasteiger partial charge in [-0.1, -0.05) is 60.7 Å². The summed E-state index contributed by atoms with van der Waals surface area (Å²) in [4.78, 5) is 12.6. The van der Waals surface area contributed by atoms with Crippen LogP contribution in [0.15, 0.2) is 60.7 Å². The number of hydrogen-bond acceptors (Lipinski definition) is 1. The van der Waals surface area contributed by atoms with Gasteiger partial charge in [0.05, 0.1) is 5.92 Å². The first-order valence-electron chi connectivity index (χ1n) is 7.22. The van der Waals surface area contributed by atoms with Crippen LogP contribution in [-0.4, -0.2) is 12.5 Å². The van der Waals surface area contributed by atoms with E-state index in [-0.39, 0.29) is 11.8 Å². The molecule has 1 aliphatic carbocycles. The highest BCUT2D eigenvalue weighted by Gasteiger charge is 2.26.